The van der Waals surface area contributed by atoms with Crippen LogP contribution >= 0.6 is 0 Å². The molecule has 20 heavy (non-hydrogen) atoms. The third-order valence-electron chi connectivity index (χ3n) is 4.10. The molecule has 0 aliphatic rings. The van der Waals surface area contributed by atoms with Crippen LogP contribution in [-0.4, -0.2) is 5.78 Å². The van der Waals surface area contributed by atoms with Crippen molar-refractivity contribution in [2.75, 3.05) is 0 Å². The van der Waals surface area contributed by atoms with E-state index in [1.165, 1.54) is 64.2 Å². The van der Waals surface area contributed by atoms with Crippen molar-refractivity contribution < 1.29 is 4.79 Å². The molecule has 0 N–H and O–H groups in total. The van der Waals surface area contributed by atoms with Gasteiger partial charge >= 0.3 is 0 Å². The maximum Gasteiger partial charge on any atom is 0.133 e. The fraction of sp³-hybridized carbons (Fsp3) is 0.842. The summed E-state index contributed by atoms with van der Waals surface area (Å²) in [7, 11) is 0. The van der Waals surface area contributed by atoms with E-state index in [9.17, 15) is 4.79 Å². The van der Waals surface area contributed by atoms with E-state index in [0.29, 0.717) is 6.42 Å². The summed E-state index contributed by atoms with van der Waals surface area (Å²) in [6, 6.07) is 0. The second kappa shape index (κ2) is 14.6. The van der Waals surface area contributed by atoms with Gasteiger partial charge in [-0.25, -0.2) is 0 Å². The number of carbonyl (C=O) groups excluding carboxylic acids is 1. The molecule has 0 rings (SSSR count). The van der Waals surface area contributed by atoms with Crippen molar-refractivity contribution in [2.45, 2.75) is 97.3 Å². The van der Waals surface area contributed by atoms with Crippen LogP contribution < -0.4 is 0 Å². The number of unbranched alkanes of at least 4 members (excludes halogenated alkanes) is 10. The highest BCUT2D eigenvalue weighted by Gasteiger charge is 2.11. The van der Waals surface area contributed by atoms with Crippen molar-refractivity contribution in [3.8, 4) is 12.3 Å². The van der Waals surface area contributed by atoms with E-state index in [1.54, 1.807) is 6.92 Å². The lowest BCUT2D eigenvalue weighted by atomic mass is 9.94. The third kappa shape index (κ3) is 12.3. The molecule has 1 heteroatoms. The number of terminal acetylenes is 1. The highest BCUT2D eigenvalue weighted by molar-refractivity contribution is 5.78. The predicted octanol–water partition coefficient (Wildman–Crippen LogP) is 5.92. The fourth-order valence-corrected chi connectivity index (χ4v) is 2.65. The smallest absolute Gasteiger partial charge is 0.133 e. The lowest BCUT2D eigenvalue weighted by Gasteiger charge is -2.09. The molecule has 1 atom stereocenters. The van der Waals surface area contributed by atoms with Crippen LogP contribution in [0.1, 0.15) is 97.3 Å². The van der Waals surface area contributed by atoms with Crippen molar-refractivity contribution in [3.05, 3.63) is 0 Å². The molecule has 0 aliphatic heterocycles. The van der Waals surface area contributed by atoms with Gasteiger partial charge in [0.2, 0.25) is 0 Å². The molecule has 1 unspecified atom stereocenters. The minimum Gasteiger partial charge on any atom is -0.300 e. The van der Waals surface area contributed by atoms with Crippen molar-refractivity contribution in [3.63, 3.8) is 0 Å². The molecule has 0 saturated heterocycles. The van der Waals surface area contributed by atoms with Gasteiger partial charge in [-0.05, 0) is 13.3 Å². The zero-order valence-corrected chi connectivity index (χ0v) is 13.8. The first kappa shape index (κ1) is 19.2. The molecule has 1 nitrogen and oxygen atoms in total. The molecule has 0 amide bonds. The Bertz CT molecular complexity index is 261. The molecule has 0 aromatic rings. The Morgan fingerprint density at radius 2 is 1.35 bits per heavy atom. The Morgan fingerprint density at radius 3 is 1.75 bits per heavy atom. The standard InChI is InChI=1S/C19H34O/c1-4-6-7-8-9-10-11-12-13-14-15-17-19(16-5-2)18(3)20/h2,19H,4,6-17H2,1,3H3. The molecule has 0 aliphatic carbocycles. The molecule has 0 radical (unpaired) electrons. The van der Waals surface area contributed by atoms with Gasteiger partial charge < -0.3 is 0 Å². The second-order valence-electron chi connectivity index (χ2n) is 6.04. The van der Waals surface area contributed by atoms with Crippen molar-refractivity contribution >= 4 is 5.78 Å². The van der Waals surface area contributed by atoms with E-state index in [4.69, 9.17) is 6.42 Å². The lowest BCUT2D eigenvalue weighted by molar-refractivity contribution is -0.120. The van der Waals surface area contributed by atoms with Crippen LogP contribution in [0.5, 0.6) is 0 Å². The Hall–Kier alpha value is -0.770. The van der Waals surface area contributed by atoms with Gasteiger partial charge in [0.05, 0.1) is 0 Å². The molecule has 0 aromatic carbocycles. The Morgan fingerprint density at radius 1 is 0.900 bits per heavy atom. The summed E-state index contributed by atoms with van der Waals surface area (Å²) >= 11 is 0. The first-order valence-corrected chi connectivity index (χ1v) is 8.66. The summed E-state index contributed by atoms with van der Waals surface area (Å²) in [6.45, 7) is 3.93. The van der Waals surface area contributed by atoms with Gasteiger partial charge in [0, 0.05) is 12.3 Å². The Balaban J connectivity index is 3.27. The zero-order chi connectivity index (χ0) is 15.1. The van der Waals surface area contributed by atoms with Crippen LogP contribution in [0, 0.1) is 18.3 Å². The summed E-state index contributed by atoms with van der Waals surface area (Å²) in [5.74, 6) is 2.99. The number of hydrogen-bond donors (Lipinski definition) is 0. The van der Waals surface area contributed by atoms with Gasteiger partial charge in [0.1, 0.15) is 5.78 Å². The zero-order valence-electron chi connectivity index (χ0n) is 13.8. The quantitative estimate of drug-likeness (QED) is 0.285. The van der Waals surface area contributed by atoms with Crippen molar-refractivity contribution in [1.82, 2.24) is 0 Å². The van der Waals surface area contributed by atoms with E-state index in [1.807, 2.05) is 0 Å². The summed E-state index contributed by atoms with van der Waals surface area (Å²) in [5.41, 5.74) is 0. The molecule has 0 fully saturated rings. The van der Waals surface area contributed by atoms with E-state index in [-0.39, 0.29) is 11.7 Å². The molecular weight excluding hydrogens is 244 g/mol. The molecular formula is C19H34O. The molecule has 0 heterocycles. The summed E-state index contributed by atoms with van der Waals surface area (Å²) in [6.07, 6.45) is 21.7. The summed E-state index contributed by atoms with van der Waals surface area (Å²) < 4.78 is 0. The first-order valence-electron chi connectivity index (χ1n) is 8.66. The average molecular weight is 278 g/mol. The van der Waals surface area contributed by atoms with Crippen LogP contribution in [0.15, 0.2) is 0 Å². The summed E-state index contributed by atoms with van der Waals surface area (Å²) in [4.78, 5) is 11.4. The van der Waals surface area contributed by atoms with Gasteiger partial charge in [-0.15, -0.1) is 12.3 Å². The van der Waals surface area contributed by atoms with Gasteiger partial charge in [-0.1, -0.05) is 77.6 Å². The predicted molar refractivity (Wildman–Crippen MR) is 88.7 cm³/mol. The fourth-order valence-electron chi connectivity index (χ4n) is 2.65. The molecule has 0 spiro atoms. The number of hydrogen-bond acceptors (Lipinski definition) is 1. The van der Waals surface area contributed by atoms with Crippen LogP contribution in [0.3, 0.4) is 0 Å². The van der Waals surface area contributed by atoms with Gasteiger partial charge in [-0.3, -0.25) is 4.79 Å². The number of rotatable bonds is 14. The molecule has 0 saturated carbocycles. The van der Waals surface area contributed by atoms with Crippen molar-refractivity contribution in [2.24, 2.45) is 5.92 Å². The van der Waals surface area contributed by atoms with Gasteiger partial charge in [0.15, 0.2) is 0 Å². The van der Waals surface area contributed by atoms with E-state index < -0.39 is 0 Å². The maximum absolute atomic E-state index is 11.4. The maximum atomic E-state index is 11.4. The molecule has 116 valence electrons. The molecule has 0 bridgehead atoms. The van der Waals surface area contributed by atoms with Crippen LogP contribution in [0.2, 0.25) is 0 Å². The van der Waals surface area contributed by atoms with Crippen LogP contribution in [0.25, 0.3) is 0 Å². The Labute approximate surface area is 126 Å². The Kier molecular flexibility index (Phi) is 14.1. The van der Waals surface area contributed by atoms with Crippen LogP contribution in [-0.2, 0) is 4.79 Å². The summed E-state index contributed by atoms with van der Waals surface area (Å²) in [5, 5.41) is 0. The normalized spacial score (nSPS) is 12.1. The molecule has 0 aromatic heterocycles. The van der Waals surface area contributed by atoms with Gasteiger partial charge in [-0.2, -0.15) is 0 Å². The lowest BCUT2D eigenvalue weighted by Crippen LogP contribution is -2.09. The SMILES string of the molecule is C#CCC(CCCCCCCCCCCCC)C(C)=O. The minimum absolute atomic E-state index is 0.110. The number of carbonyl (C=O) groups is 1. The number of ketones is 1. The first-order chi connectivity index (χ1) is 9.72. The highest BCUT2D eigenvalue weighted by Crippen LogP contribution is 2.16. The monoisotopic (exact) mass is 278 g/mol. The minimum atomic E-state index is 0.110. The van der Waals surface area contributed by atoms with E-state index in [0.717, 1.165) is 12.8 Å². The third-order valence-corrected chi connectivity index (χ3v) is 4.10. The number of Topliss-reactive ketones (excluding diaryl/α,β-unsaturated/α-hetero) is 1. The topological polar surface area (TPSA) is 17.1 Å². The van der Waals surface area contributed by atoms with Gasteiger partial charge in [0.25, 0.3) is 0 Å². The van der Waals surface area contributed by atoms with E-state index >= 15 is 0 Å². The largest absolute Gasteiger partial charge is 0.300 e. The average Bonchev–Trinajstić information content (AvgIpc) is 2.43. The van der Waals surface area contributed by atoms with E-state index in [2.05, 4.69) is 12.8 Å². The van der Waals surface area contributed by atoms with Crippen molar-refractivity contribution in [1.29, 1.82) is 0 Å². The van der Waals surface area contributed by atoms with Crippen LogP contribution in [0.4, 0.5) is 0 Å². The second-order valence-corrected chi connectivity index (χ2v) is 6.04. The highest BCUT2D eigenvalue weighted by atomic mass is 16.1.